The number of nitrogens with zero attached hydrogens (tertiary/aromatic N) is 3. The molecule has 3 heterocycles. The third kappa shape index (κ3) is 3.66. The fourth-order valence-corrected chi connectivity index (χ4v) is 4.24. The fourth-order valence-electron chi connectivity index (χ4n) is 3.59. The Balaban J connectivity index is 1.61. The highest BCUT2D eigenvalue weighted by Gasteiger charge is 2.35. The van der Waals surface area contributed by atoms with Crippen molar-refractivity contribution in [3.63, 3.8) is 0 Å². The maximum absolute atomic E-state index is 14.9. The Kier molecular flexibility index (Phi) is 4.92. The number of amides is 1. The Morgan fingerprint density at radius 1 is 1.03 bits per heavy atom. The molecule has 152 valence electrons. The summed E-state index contributed by atoms with van der Waals surface area (Å²) in [6.45, 7) is 1.71. The molecular formula is C25H18FN3OS. The number of carbonyl (C=O) groups is 1. The van der Waals surface area contributed by atoms with Gasteiger partial charge in [0.15, 0.2) is 5.84 Å². The molecule has 1 amide bonds. The summed E-state index contributed by atoms with van der Waals surface area (Å²) in [5.41, 5.74) is 3.33. The van der Waals surface area contributed by atoms with E-state index < -0.39 is 0 Å². The Bertz CT molecular complexity index is 1290. The van der Waals surface area contributed by atoms with Crippen LogP contribution in [0, 0.1) is 12.7 Å². The molecule has 0 saturated carbocycles. The number of hydrogen-bond acceptors (Lipinski definition) is 4. The van der Waals surface area contributed by atoms with Gasteiger partial charge in [-0.15, -0.1) is 11.3 Å². The van der Waals surface area contributed by atoms with Gasteiger partial charge in [-0.1, -0.05) is 48.5 Å². The highest BCUT2D eigenvalue weighted by molar-refractivity contribution is 7.10. The van der Waals surface area contributed by atoms with Crippen molar-refractivity contribution in [1.82, 2.24) is 4.90 Å². The second kappa shape index (κ2) is 7.89. The van der Waals surface area contributed by atoms with Gasteiger partial charge in [0, 0.05) is 23.1 Å². The summed E-state index contributed by atoms with van der Waals surface area (Å²) >= 11 is 1.54. The maximum Gasteiger partial charge on any atom is 0.282 e. The molecule has 2 aliphatic heterocycles. The summed E-state index contributed by atoms with van der Waals surface area (Å²) in [5.74, 6) is -0.0826. The van der Waals surface area contributed by atoms with Crippen LogP contribution in [0.25, 0.3) is 11.8 Å². The molecule has 1 aromatic heterocycles. The smallest absolute Gasteiger partial charge is 0.266 e. The number of amidine groups is 1. The SMILES string of the molecule is Cc1cccc(C2=CN3C(=O)/C(=C/c4cccs4)N=C3C(Cc3ccccc3)=N2)c1F. The quantitative estimate of drug-likeness (QED) is 0.509. The van der Waals surface area contributed by atoms with Gasteiger partial charge in [-0.25, -0.2) is 14.4 Å². The van der Waals surface area contributed by atoms with E-state index in [1.165, 1.54) is 16.2 Å². The van der Waals surface area contributed by atoms with Crippen LogP contribution in [0.2, 0.25) is 0 Å². The van der Waals surface area contributed by atoms with Crippen LogP contribution in [0.4, 0.5) is 4.39 Å². The minimum absolute atomic E-state index is 0.241. The first kappa shape index (κ1) is 19.3. The van der Waals surface area contributed by atoms with Gasteiger partial charge in [0.2, 0.25) is 0 Å². The van der Waals surface area contributed by atoms with E-state index in [0.29, 0.717) is 40.5 Å². The second-order valence-electron chi connectivity index (χ2n) is 7.33. The van der Waals surface area contributed by atoms with E-state index in [0.717, 1.165) is 10.4 Å². The van der Waals surface area contributed by atoms with Crippen molar-refractivity contribution in [2.24, 2.45) is 9.98 Å². The zero-order chi connectivity index (χ0) is 21.4. The number of aliphatic imine (C=N–C) groups is 2. The summed E-state index contributed by atoms with van der Waals surface area (Å²) in [4.78, 5) is 24.9. The number of fused-ring (bicyclic) bond motifs is 1. The monoisotopic (exact) mass is 427 g/mol. The van der Waals surface area contributed by atoms with Gasteiger partial charge in [-0.3, -0.25) is 9.69 Å². The van der Waals surface area contributed by atoms with E-state index in [1.807, 2.05) is 47.8 Å². The zero-order valence-corrected chi connectivity index (χ0v) is 17.6. The lowest BCUT2D eigenvalue weighted by molar-refractivity contribution is -0.120. The summed E-state index contributed by atoms with van der Waals surface area (Å²) in [6, 6.07) is 18.9. The molecule has 0 unspecified atom stereocenters. The van der Waals surface area contributed by atoms with Gasteiger partial charge >= 0.3 is 0 Å². The maximum atomic E-state index is 14.9. The second-order valence-corrected chi connectivity index (χ2v) is 8.31. The molecule has 0 spiro atoms. The molecule has 0 bridgehead atoms. The summed E-state index contributed by atoms with van der Waals surface area (Å²) < 4.78 is 14.9. The Morgan fingerprint density at radius 2 is 1.87 bits per heavy atom. The molecule has 31 heavy (non-hydrogen) atoms. The molecule has 0 N–H and O–H groups in total. The van der Waals surface area contributed by atoms with Crippen LogP contribution in [0.3, 0.4) is 0 Å². The van der Waals surface area contributed by atoms with E-state index in [4.69, 9.17) is 4.99 Å². The number of benzene rings is 2. The van der Waals surface area contributed by atoms with Crippen molar-refractivity contribution in [2.75, 3.05) is 0 Å². The lowest BCUT2D eigenvalue weighted by Gasteiger charge is -2.22. The summed E-state index contributed by atoms with van der Waals surface area (Å²) in [5, 5.41) is 1.95. The molecular weight excluding hydrogens is 409 g/mol. The number of rotatable bonds is 4. The van der Waals surface area contributed by atoms with Gasteiger partial charge in [-0.2, -0.15) is 0 Å². The average Bonchev–Trinajstić information content (AvgIpc) is 3.40. The first-order valence-electron chi connectivity index (χ1n) is 9.87. The Hall–Kier alpha value is -3.64. The standard InChI is InChI=1S/C25H18FN3OS/c1-16-7-5-11-19(23(16)26)22-15-29-24(20(27-22)13-17-8-3-2-4-9-17)28-21(25(29)30)14-18-10-6-12-31-18/h2-12,14-15H,13H2,1H3/b21-14-. The fraction of sp³-hybridized carbons (Fsp3) is 0.0800. The molecule has 4 nitrogen and oxygen atoms in total. The van der Waals surface area contributed by atoms with Crippen molar-refractivity contribution < 1.29 is 9.18 Å². The Labute approximate surface area is 183 Å². The normalized spacial score (nSPS) is 16.8. The van der Waals surface area contributed by atoms with Gasteiger partial charge in [0.1, 0.15) is 11.5 Å². The molecule has 0 atom stereocenters. The summed E-state index contributed by atoms with van der Waals surface area (Å²) in [7, 11) is 0. The van der Waals surface area contributed by atoms with Crippen LogP contribution in [0.1, 0.15) is 21.6 Å². The number of carbonyl (C=O) groups excluding carboxylic acids is 1. The van der Waals surface area contributed by atoms with E-state index in [1.54, 1.807) is 37.4 Å². The molecule has 2 aliphatic rings. The van der Waals surface area contributed by atoms with Gasteiger partial charge < -0.3 is 0 Å². The molecule has 0 fully saturated rings. The third-order valence-corrected chi connectivity index (χ3v) is 5.98. The zero-order valence-electron chi connectivity index (χ0n) is 16.7. The van der Waals surface area contributed by atoms with E-state index in [9.17, 15) is 9.18 Å². The van der Waals surface area contributed by atoms with Crippen molar-refractivity contribution in [2.45, 2.75) is 13.3 Å². The molecule has 6 heteroatoms. The van der Waals surface area contributed by atoms with Crippen molar-refractivity contribution >= 4 is 40.6 Å². The van der Waals surface area contributed by atoms with Crippen LogP contribution in [0.5, 0.6) is 0 Å². The Morgan fingerprint density at radius 3 is 2.65 bits per heavy atom. The minimum Gasteiger partial charge on any atom is -0.266 e. The molecule has 5 rings (SSSR count). The first-order chi connectivity index (χ1) is 15.1. The molecule has 0 radical (unpaired) electrons. The third-order valence-electron chi connectivity index (χ3n) is 5.16. The number of thiophene rings is 1. The lowest BCUT2D eigenvalue weighted by Crippen LogP contribution is -2.36. The molecule has 2 aromatic carbocycles. The van der Waals surface area contributed by atoms with Crippen LogP contribution < -0.4 is 0 Å². The molecule has 0 saturated heterocycles. The van der Waals surface area contributed by atoms with Crippen molar-refractivity contribution in [3.05, 3.63) is 105 Å². The van der Waals surface area contributed by atoms with Gasteiger partial charge in [-0.05, 0) is 41.6 Å². The lowest BCUT2D eigenvalue weighted by atomic mass is 10.0. The van der Waals surface area contributed by atoms with Crippen molar-refractivity contribution in [1.29, 1.82) is 0 Å². The van der Waals surface area contributed by atoms with E-state index in [2.05, 4.69) is 4.99 Å². The number of halogens is 1. The summed E-state index contributed by atoms with van der Waals surface area (Å²) in [6.07, 6.45) is 3.85. The highest BCUT2D eigenvalue weighted by Crippen LogP contribution is 2.30. The minimum atomic E-state index is -0.335. The first-order valence-corrected chi connectivity index (χ1v) is 10.7. The number of hydrogen-bond donors (Lipinski definition) is 0. The molecule has 0 aliphatic carbocycles. The average molecular weight is 428 g/mol. The predicted octanol–water partition coefficient (Wildman–Crippen LogP) is 5.47. The predicted molar refractivity (Wildman–Crippen MR) is 123 cm³/mol. The topological polar surface area (TPSA) is 45.0 Å². The molecule has 3 aromatic rings. The largest absolute Gasteiger partial charge is 0.282 e. The van der Waals surface area contributed by atoms with Gasteiger partial charge in [0.25, 0.3) is 5.91 Å². The van der Waals surface area contributed by atoms with Crippen molar-refractivity contribution in [3.8, 4) is 0 Å². The highest BCUT2D eigenvalue weighted by atomic mass is 32.1. The van der Waals surface area contributed by atoms with Crippen LogP contribution in [-0.2, 0) is 11.2 Å². The van der Waals surface area contributed by atoms with E-state index in [-0.39, 0.29) is 11.7 Å². The van der Waals surface area contributed by atoms with Crippen LogP contribution >= 0.6 is 11.3 Å². The number of aryl methyl sites for hydroxylation is 1. The van der Waals surface area contributed by atoms with Crippen LogP contribution in [-0.4, -0.2) is 22.4 Å². The van der Waals surface area contributed by atoms with Crippen LogP contribution in [0.15, 0.2) is 87.9 Å². The van der Waals surface area contributed by atoms with Gasteiger partial charge in [0.05, 0.1) is 11.4 Å². The van der Waals surface area contributed by atoms with E-state index >= 15 is 0 Å².